The van der Waals surface area contributed by atoms with Crippen molar-refractivity contribution < 1.29 is 13.2 Å². The lowest BCUT2D eigenvalue weighted by molar-refractivity contribution is 0.137. The zero-order chi connectivity index (χ0) is 14.5. The first-order valence-electron chi connectivity index (χ1n) is 7.11. The Labute approximate surface area is 118 Å². The van der Waals surface area contributed by atoms with Gasteiger partial charge in [0.05, 0.1) is 12.2 Å². The molecule has 2 atom stereocenters. The number of halogens is 3. The van der Waals surface area contributed by atoms with E-state index in [9.17, 15) is 13.2 Å². The summed E-state index contributed by atoms with van der Waals surface area (Å²) in [5.41, 5.74) is 0.564. The van der Waals surface area contributed by atoms with Crippen molar-refractivity contribution >= 4 is 5.69 Å². The van der Waals surface area contributed by atoms with Gasteiger partial charge in [0.2, 0.25) is 0 Å². The van der Waals surface area contributed by atoms with Gasteiger partial charge in [-0.05, 0) is 24.5 Å². The SMILES string of the molecule is CCC1CC(NCC(F)F)CN(c2ccccc2F)C1. The number of para-hydroxylation sites is 1. The summed E-state index contributed by atoms with van der Waals surface area (Å²) in [7, 11) is 0. The molecule has 1 N–H and O–H groups in total. The van der Waals surface area contributed by atoms with Gasteiger partial charge in [-0.1, -0.05) is 25.5 Å². The van der Waals surface area contributed by atoms with Crippen molar-refractivity contribution in [2.24, 2.45) is 5.92 Å². The number of rotatable bonds is 5. The van der Waals surface area contributed by atoms with Crippen molar-refractivity contribution in [3.63, 3.8) is 0 Å². The zero-order valence-corrected chi connectivity index (χ0v) is 11.7. The van der Waals surface area contributed by atoms with Crippen molar-refractivity contribution in [2.45, 2.75) is 32.2 Å². The summed E-state index contributed by atoms with van der Waals surface area (Å²) in [4.78, 5) is 1.97. The van der Waals surface area contributed by atoms with E-state index in [1.165, 1.54) is 6.07 Å². The molecule has 20 heavy (non-hydrogen) atoms. The van der Waals surface area contributed by atoms with Gasteiger partial charge in [-0.2, -0.15) is 0 Å². The number of piperidine rings is 1. The summed E-state index contributed by atoms with van der Waals surface area (Å²) in [6.07, 6.45) is -0.509. The monoisotopic (exact) mass is 286 g/mol. The van der Waals surface area contributed by atoms with E-state index in [1.54, 1.807) is 18.2 Å². The van der Waals surface area contributed by atoms with Crippen LogP contribution in [0.2, 0.25) is 0 Å². The molecule has 1 saturated heterocycles. The molecular weight excluding hydrogens is 265 g/mol. The lowest BCUT2D eigenvalue weighted by atomic mass is 9.91. The van der Waals surface area contributed by atoms with Gasteiger partial charge >= 0.3 is 0 Å². The average molecular weight is 286 g/mol. The maximum absolute atomic E-state index is 13.9. The number of alkyl halides is 2. The molecule has 0 aliphatic carbocycles. The fourth-order valence-electron chi connectivity index (χ4n) is 2.81. The minimum absolute atomic E-state index is 0.0118. The topological polar surface area (TPSA) is 15.3 Å². The summed E-state index contributed by atoms with van der Waals surface area (Å²) < 4.78 is 38.5. The lowest BCUT2D eigenvalue weighted by Gasteiger charge is -2.39. The van der Waals surface area contributed by atoms with Crippen molar-refractivity contribution in [3.05, 3.63) is 30.1 Å². The van der Waals surface area contributed by atoms with Crippen LogP contribution in [0, 0.1) is 11.7 Å². The number of anilines is 1. The smallest absolute Gasteiger partial charge is 0.250 e. The maximum Gasteiger partial charge on any atom is 0.250 e. The molecule has 0 amide bonds. The van der Waals surface area contributed by atoms with Gasteiger partial charge < -0.3 is 10.2 Å². The van der Waals surface area contributed by atoms with E-state index in [4.69, 9.17) is 0 Å². The minimum atomic E-state index is -2.35. The maximum atomic E-state index is 13.9. The Balaban J connectivity index is 2.07. The summed E-state index contributed by atoms with van der Waals surface area (Å²) in [5.74, 6) is 0.149. The first kappa shape index (κ1) is 15.2. The zero-order valence-electron chi connectivity index (χ0n) is 11.7. The van der Waals surface area contributed by atoms with E-state index >= 15 is 0 Å². The number of hydrogen-bond donors (Lipinski definition) is 1. The molecular formula is C15H21F3N2. The number of hydrogen-bond acceptors (Lipinski definition) is 2. The second-order valence-corrected chi connectivity index (χ2v) is 5.36. The molecule has 1 aliphatic heterocycles. The van der Waals surface area contributed by atoms with E-state index in [-0.39, 0.29) is 18.4 Å². The van der Waals surface area contributed by atoms with Crippen LogP contribution in [0.4, 0.5) is 18.9 Å². The molecule has 0 saturated carbocycles. The quantitative estimate of drug-likeness (QED) is 0.893. The van der Waals surface area contributed by atoms with Gasteiger partial charge in [0.1, 0.15) is 5.82 Å². The first-order valence-corrected chi connectivity index (χ1v) is 7.11. The van der Waals surface area contributed by atoms with Gasteiger partial charge in [0.25, 0.3) is 6.43 Å². The van der Waals surface area contributed by atoms with Crippen molar-refractivity contribution in [1.29, 1.82) is 0 Å². The number of nitrogens with one attached hydrogen (secondary N) is 1. The van der Waals surface area contributed by atoms with Crippen molar-refractivity contribution in [3.8, 4) is 0 Å². The van der Waals surface area contributed by atoms with E-state index in [0.29, 0.717) is 18.2 Å². The van der Waals surface area contributed by atoms with Crippen LogP contribution in [0.1, 0.15) is 19.8 Å². The largest absolute Gasteiger partial charge is 0.367 e. The molecule has 112 valence electrons. The lowest BCUT2D eigenvalue weighted by Crippen LogP contribution is -2.50. The van der Waals surface area contributed by atoms with E-state index in [1.807, 2.05) is 4.90 Å². The molecule has 2 rings (SSSR count). The third-order valence-electron chi connectivity index (χ3n) is 3.87. The van der Waals surface area contributed by atoms with Crippen molar-refractivity contribution in [1.82, 2.24) is 5.32 Å². The molecule has 1 aliphatic rings. The molecule has 1 heterocycles. The van der Waals surface area contributed by atoms with Crippen LogP contribution in [0.25, 0.3) is 0 Å². The van der Waals surface area contributed by atoms with E-state index in [2.05, 4.69) is 12.2 Å². The molecule has 1 aromatic rings. The summed E-state index contributed by atoms with van der Waals surface area (Å²) in [6, 6.07) is 6.63. The third kappa shape index (κ3) is 3.88. The number of benzene rings is 1. The van der Waals surface area contributed by atoms with Gasteiger partial charge in [-0.15, -0.1) is 0 Å². The molecule has 1 aromatic carbocycles. The van der Waals surface area contributed by atoms with E-state index < -0.39 is 6.43 Å². The highest BCUT2D eigenvalue weighted by Crippen LogP contribution is 2.27. The Hall–Kier alpha value is -1.23. The summed E-state index contributed by atoms with van der Waals surface area (Å²) in [5, 5.41) is 2.89. The van der Waals surface area contributed by atoms with Crippen LogP contribution >= 0.6 is 0 Å². The second kappa shape index (κ2) is 6.97. The van der Waals surface area contributed by atoms with Gasteiger partial charge in [0, 0.05) is 19.1 Å². The fourth-order valence-corrected chi connectivity index (χ4v) is 2.81. The molecule has 0 radical (unpaired) electrons. The van der Waals surface area contributed by atoms with E-state index in [0.717, 1.165) is 19.4 Å². The molecule has 0 aromatic heterocycles. The third-order valence-corrected chi connectivity index (χ3v) is 3.87. The standard InChI is InChI=1S/C15H21F3N2/c1-2-11-7-12(19-8-15(17)18)10-20(9-11)14-6-4-3-5-13(14)16/h3-6,11-12,15,19H,2,7-10H2,1H3. The summed E-state index contributed by atoms with van der Waals surface area (Å²) >= 11 is 0. The van der Waals surface area contributed by atoms with Gasteiger partial charge in [0.15, 0.2) is 0 Å². The van der Waals surface area contributed by atoms with Crippen LogP contribution in [-0.2, 0) is 0 Å². The normalized spacial score (nSPS) is 23.4. The average Bonchev–Trinajstić information content (AvgIpc) is 2.45. The predicted molar refractivity (Wildman–Crippen MR) is 74.8 cm³/mol. The van der Waals surface area contributed by atoms with Crippen LogP contribution in [-0.4, -0.2) is 32.1 Å². The van der Waals surface area contributed by atoms with Gasteiger partial charge in [-0.3, -0.25) is 0 Å². The van der Waals surface area contributed by atoms with Crippen LogP contribution in [0.3, 0.4) is 0 Å². The Bertz CT molecular complexity index is 425. The molecule has 2 nitrogen and oxygen atoms in total. The highest BCUT2D eigenvalue weighted by molar-refractivity contribution is 5.48. The molecule has 0 spiro atoms. The summed E-state index contributed by atoms with van der Waals surface area (Å²) in [6.45, 7) is 3.14. The molecule has 0 bridgehead atoms. The van der Waals surface area contributed by atoms with Crippen molar-refractivity contribution in [2.75, 3.05) is 24.5 Å². The molecule has 2 unspecified atom stereocenters. The van der Waals surface area contributed by atoms with Crippen LogP contribution < -0.4 is 10.2 Å². The molecule has 1 fully saturated rings. The minimum Gasteiger partial charge on any atom is -0.367 e. The number of nitrogens with zero attached hydrogens (tertiary/aromatic N) is 1. The molecule has 5 heteroatoms. The van der Waals surface area contributed by atoms with Crippen LogP contribution in [0.5, 0.6) is 0 Å². The Kier molecular flexibility index (Phi) is 5.29. The predicted octanol–water partition coefficient (Wildman–Crippen LogP) is 3.29. The van der Waals surface area contributed by atoms with Gasteiger partial charge in [-0.25, -0.2) is 13.2 Å². The fraction of sp³-hybridized carbons (Fsp3) is 0.600. The highest BCUT2D eigenvalue weighted by Gasteiger charge is 2.27. The highest BCUT2D eigenvalue weighted by atomic mass is 19.3. The van der Waals surface area contributed by atoms with Crippen LogP contribution in [0.15, 0.2) is 24.3 Å². The Morgan fingerprint density at radius 1 is 1.30 bits per heavy atom. The Morgan fingerprint density at radius 3 is 2.70 bits per heavy atom. The Morgan fingerprint density at radius 2 is 2.05 bits per heavy atom. The first-order chi connectivity index (χ1) is 9.60. The second-order valence-electron chi connectivity index (χ2n) is 5.36.